The molecule has 0 radical (unpaired) electrons. The maximum Gasteiger partial charge on any atom is 0.495 e. The van der Waals surface area contributed by atoms with Gasteiger partial charge >= 0.3 is 7.12 Å². The first-order valence-electron chi connectivity index (χ1n) is 7.79. The van der Waals surface area contributed by atoms with E-state index in [-0.39, 0.29) is 11.2 Å². The molecule has 0 saturated carbocycles. The molecule has 1 saturated heterocycles. The first kappa shape index (κ1) is 16.0. The number of ether oxygens (including phenoxy) is 1. The third kappa shape index (κ3) is 2.86. The first-order chi connectivity index (χ1) is 10.8. The summed E-state index contributed by atoms with van der Waals surface area (Å²) < 4.78 is 17.8. The smallest absolute Gasteiger partial charge is 0.495 e. The van der Waals surface area contributed by atoms with Gasteiger partial charge in [0.2, 0.25) is 0 Å². The van der Waals surface area contributed by atoms with Gasteiger partial charge in [0.05, 0.1) is 24.0 Å². The third-order valence-corrected chi connectivity index (χ3v) is 4.71. The van der Waals surface area contributed by atoms with Crippen LogP contribution in [0.25, 0.3) is 11.3 Å². The maximum absolute atomic E-state index is 6.19. The molecule has 23 heavy (non-hydrogen) atoms. The van der Waals surface area contributed by atoms with Gasteiger partial charge in [-0.2, -0.15) is 0 Å². The van der Waals surface area contributed by atoms with E-state index in [2.05, 4.69) is 32.7 Å². The Kier molecular flexibility index (Phi) is 3.94. The summed E-state index contributed by atoms with van der Waals surface area (Å²) in [6, 6.07) is 11.7. The lowest BCUT2D eigenvalue weighted by Crippen LogP contribution is -2.41. The normalized spacial score (nSPS) is 18.9. The minimum Gasteiger partial charge on any atom is -0.497 e. The average Bonchev–Trinajstić information content (AvgIpc) is 2.75. The summed E-state index contributed by atoms with van der Waals surface area (Å²) in [6.07, 6.45) is 1.78. The summed E-state index contributed by atoms with van der Waals surface area (Å²) in [4.78, 5) is 4.46. The van der Waals surface area contributed by atoms with Crippen molar-refractivity contribution in [1.82, 2.24) is 4.98 Å². The van der Waals surface area contributed by atoms with Crippen LogP contribution in [0, 0.1) is 0 Å². The van der Waals surface area contributed by atoms with E-state index < -0.39 is 7.12 Å². The fourth-order valence-electron chi connectivity index (χ4n) is 2.58. The fraction of sp³-hybridized carbons (Fsp3) is 0.389. The van der Waals surface area contributed by atoms with Crippen LogP contribution in [-0.2, 0) is 9.31 Å². The third-order valence-electron chi connectivity index (χ3n) is 4.71. The van der Waals surface area contributed by atoms with Crippen molar-refractivity contribution in [3.63, 3.8) is 0 Å². The van der Waals surface area contributed by atoms with E-state index >= 15 is 0 Å². The Hall–Kier alpha value is -1.85. The molecular weight excluding hydrogens is 289 g/mol. The Morgan fingerprint density at radius 3 is 2.26 bits per heavy atom. The number of aromatic nitrogens is 1. The molecule has 4 nitrogen and oxygen atoms in total. The SMILES string of the molecule is COc1ccc(B2OC(C)(C)C(C)(C)O2)c(-c2ccccn2)c1. The van der Waals surface area contributed by atoms with Crippen molar-refractivity contribution in [3.8, 4) is 17.0 Å². The van der Waals surface area contributed by atoms with Crippen molar-refractivity contribution in [2.24, 2.45) is 0 Å². The summed E-state index contributed by atoms with van der Waals surface area (Å²) in [6.45, 7) is 8.21. The van der Waals surface area contributed by atoms with Crippen LogP contribution in [0.15, 0.2) is 42.6 Å². The second-order valence-corrected chi connectivity index (χ2v) is 6.76. The molecule has 0 spiro atoms. The van der Waals surface area contributed by atoms with E-state index in [1.807, 2.05) is 36.4 Å². The van der Waals surface area contributed by atoms with Gasteiger partial charge in [0.25, 0.3) is 0 Å². The van der Waals surface area contributed by atoms with Gasteiger partial charge in [-0.25, -0.2) is 0 Å². The zero-order chi connectivity index (χ0) is 16.7. The van der Waals surface area contributed by atoms with Gasteiger partial charge < -0.3 is 14.0 Å². The summed E-state index contributed by atoms with van der Waals surface area (Å²) in [5, 5.41) is 0. The zero-order valence-corrected chi connectivity index (χ0v) is 14.3. The summed E-state index contributed by atoms with van der Waals surface area (Å²) in [7, 11) is 1.23. The summed E-state index contributed by atoms with van der Waals surface area (Å²) in [5.74, 6) is 0.783. The number of pyridine rings is 1. The largest absolute Gasteiger partial charge is 0.497 e. The number of hydrogen-bond acceptors (Lipinski definition) is 4. The van der Waals surface area contributed by atoms with E-state index in [4.69, 9.17) is 14.0 Å². The van der Waals surface area contributed by atoms with Crippen LogP contribution >= 0.6 is 0 Å². The van der Waals surface area contributed by atoms with Crippen LogP contribution < -0.4 is 10.2 Å². The standard InChI is InChI=1S/C18H22BNO3/c1-17(2)18(3,4)23-19(22-17)15-10-9-13(21-5)12-14(15)16-8-6-7-11-20-16/h6-12H,1-5H3. The molecule has 0 bridgehead atoms. The van der Waals surface area contributed by atoms with Crippen molar-refractivity contribution in [2.75, 3.05) is 7.11 Å². The fourth-order valence-corrected chi connectivity index (χ4v) is 2.58. The van der Waals surface area contributed by atoms with Crippen LogP contribution in [0.3, 0.4) is 0 Å². The second kappa shape index (κ2) is 5.66. The van der Waals surface area contributed by atoms with Crippen molar-refractivity contribution in [3.05, 3.63) is 42.6 Å². The molecule has 0 aliphatic carbocycles. The minimum absolute atomic E-state index is 0.376. The van der Waals surface area contributed by atoms with Crippen molar-refractivity contribution in [2.45, 2.75) is 38.9 Å². The molecule has 1 fully saturated rings. The van der Waals surface area contributed by atoms with E-state index in [0.717, 1.165) is 22.5 Å². The van der Waals surface area contributed by atoms with Gasteiger partial charge in [-0.05, 0) is 57.4 Å². The van der Waals surface area contributed by atoms with E-state index in [1.165, 1.54) is 0 Å². The average molecular weight is 311 g/mol. The molecule has 1 aliphatic rings. The number of methoxy groups -OCH3 is 1. The Balaban J connectivity index is 2.07. The highest BCUT2D eigenvalue weighted by Gasteiger charge is 2.52. The molecule has 0 atom stereocenters. The molecule has 0 unspecified atom stereocenters. The zero-order valence-electron chi connectivity index (χ0n) is 14.3. The lowest BCUT2D eigenvalue weighted by atomic mass is 9.75. The predicted octanol–water partition coefficient (Wildman–Crippen LogP) is 3.06. The van der Waals surface area contributed by atoms with E-state index in [1.54, 1.807) is 13.3 Å². The van der Waals surface area contributed by atoms with Crippen molar-refractivity contribution >= 4 is 12.6 Å². The summed E-state index contributed by atoms with van der Waals surface area (Å²) in [5.41, 5.74) is 2.04. The quantitative estimate of drug-likeness (QED) is 0.817. The Bertz CT molecular complexity index is 685. The highest BCUT2D eigenvalue weighted by molar-refractivity contribution is 6.63. The molecule has 2 heterocycles. The van der Waals surface area contributed by atoms with Gasteiger partial charge in [-0.15, -0.1) is 0 Å². The van der Waals surface area contributed by atoms with Gasteiger partial charge in [-0.3, -0.25) is 4.98 Å². The number of rotatable bonds is 3. The molecular formula is C18H22BNO3. The van der Waals surface area contributed by atoms with Crippen LogP contribution in [0.1, 0.15) is 27.7 Å². The molecule has 3 rings (SSSR count). The maximum atomic E-state index is 6.19. The van der Waals surface area contributed by atoms with Crippen molar-refractivity contribution in [1.29, 1.82) is 0 Å². The van der Waals surface area contributed by atoms with Crippen LogP contribution in [0.2, 0.25) is 0 Å². The lowest BCUT2D eigenvalue weighted by Gasteiger charge is -2.32. The molecule has 1 aromatic carbocycles. The van der Waals surface area contributed by atoms with E-state index in [9.17, 15) is 0 Å². The first-order valence-corrected chi connectivity index (χ1v) is 7.79. The molecule has 2 aromatic rings. The Morgan fingerprint density at radius 1 is 1.00 bits per heavy atom. The molecule has 120 valence electrons. The van der Waals surface area contributed by atoms with Crippen LogP contribution in [-0.4, -0.2) is 30.4 Å². The molecule has 5 heteroatoms. The minimum atomic E-state index is -0.428. The molecule has 1 aliphatic heterocycles. The lowest BCUT2D eigenvalue weighted by molar-refractivity contribution is 0.00578. The molecule has 0 N–H and O–H groups in total. The topological polar surface area (TPSA) is 40.6 Å². The van der Waals surface area contributed by atoms with Gasteiger partial charge in [0.15, 0.2) is 0 Å². The predicted molar refractivity (Wildman–Crippen MR) is 91.9 cm³/mol. The van der Waals surface area contributed by atoms with Crippen LogP contribution in [0.5, 0.6) is 5.75 Å². The summed E-state index contributed by atoms with van der Waals surface area (Å²) >= 11 is 0. The molecule has 1 aromatic heterocycles. The van der Waals surface area contributed by atoms with Gasteiger partial charge in [0, 0.05) is 11.8 Å². The van der Waals surface area contributed by atoms with Crippen LogP contribution in [0.4, 0.5) is 0 Å². The van der Waals surface area contributed by atoms with Crippen molar-refractivity contribution < 1.29 is 14.0 Å². The number of nitrogens with zero attached hydrogens (tertiary/aromatic N) is 1. The van der Waals surface area contributed by atoms with Gasteiger partial charge in [0.1, 0.15) is 5.75 Å². The second-order valence-electron chi connectivity index (χ2n) is 6.76. The molecule has 0 amide bonds. The monoisotopic (exact) mass is 311 g/mol. The van der Waals surface area contributed by atoms with E-state index in [0.29, 0.717) is 0 Å². The number of benzene rings is 1. The highest BCUT2D eigenvalue weighted by Crippen LogP contribution is 2.37. The highest BCUT2D eigenvalue weighted by atomic mass is 16.7. The Morgan fingerprint density at radius 2 is 1.70 bits per heavy atom. The Labute approximate surface area is 137 Å². The number of hydrogen-bond donors (Lipinski definition) is 0. The van der Waals surface area contributed by atoms with Gasteiger partial charge in [-0.1, -0.05) is 12.1 Å².